The number of hydrogen-bond acceptors (Lipinski definition) is 3. The summed E-state index contributed by atoms with van der Waals surface area (Å²) in [5, 5.41) is 6.04. The Hall–Kier alpha value is -2.40. The number of rotatable bonds is 5. The summed E-state index contributed by atoms with van der Waals surface area (Å²) in [7, 11) is 1.64. The number of likely N-dealkylation sites (tertiary alicyclic amines) is 1. The lowest BCUT2D eigenvalue weighted by atomic mass is 9.96. The first-order chi connectivity index (χ1) is 12.0. The van der Waals surface area contributed by atoms with Gasteiger partial charge in [0.05, 0.1) is 0 Å². The molecule has 0 spiro atoms. The third kappa shape index (κ3) is 3.82. The van der Waals surface area contributed by atoms with E-state index >= 15 is 0 Å². The van der Waals surface area contributed by atoms with Gasteiger partial charge in [0, 0.05) is 32.4 Å². The number of anilines is 1. The normalized spacial score (nSPS) is 20.4. The van der Waals surface area contributed by atoms with Crippen molar-refractivity contribution >= 4 is 11.6 Å². The molecule has 5 heteroatoms. The van der Waals surface area contributed by atoms with Crippen molar-refractivity contribution in [2.45, 2.75) is 25.4 Å². The average Bonchev–Trinajstić information content (AvgIpc) is 3.00. The van der Waals surface area contributed by atoms with Crippen molar-refractivity contribution in [3.05, 3.63) is 65.5 Å². The molecule has 0 saturated carbocycles. The zero-order valence-corrected chi connectivity index (χ0v) is 14.7. The molecule has 1 aliphatic heterocycles. The van der Waals surface area contributed by atoms with Gasteiger partial charge in [0.25, 0.3) is 0 Å². The summed E-state index contributed by atoms with van der Waals surface area (Å²) in [6.45, 7) is 4.29. The van der Waals surface area contributed by atoms with E-state index < -0.39 is 5.54 Å². The van der Waals surface area contributed by atoms with Crippen molar-refractivity contribution in [1.82, 2.24) is 10.2 Å². The van der Waals surface area contributed by atoms with Crippen LogP contribution in [0.4, 0.5) is 10.1 Å². The molecule has 0 aliphatic carbocycles. The van der Waals surface area contributed by atoms with Crippen LogP contribution in [0.1, 0.15) is 17.5 Å². The minimum atomic E-state index is -0.745. The van der Waals surface area contributed by atoms with Gasteiger partial charge < -0.3 is 10.6 Å². The number of nitrogens with one attached hydrogen (secondary N) is 2. The largest absolute Gasteiger partial charge is 0.370 e. The van der Waals surface area contributed by atoms with E-state index in [1.54, 1.807) is 19.2 Å². The molecule has 1 unspecified atom stereocenters. The lowest BCUT2D eigenvalue weighted by Crippen LogP contribution is -2.53. The zero-order chi connectivity index (χ0) is 17.9. The Labute approximate surface area is 148 Å². The van der Waals surface area contributed by atoms with E-state index in [4.69, 9.17) is 0 Å². The number of carbonyl (C=O) groups excluding carboxylic acids is 1. The van der Waals surface area contributed by atoms with Crippen molar-refractivity contribution in [3.63, 3.8) is 0 Å². The third-order valence-electron chi connectivity index (χ3n) is 4.87. The Kier molecular flexibility index (Phi) is 5.04. The smallest absolute Gasteiger partial charge is 0.246 e. The molecule has 4 nitrogen and oxygen atoms in total. The molecule has 25 heavy (non-hydrogen) atoms. The van der Waals surface area contributed by atoms with Crippen molar-refractivity contribution in [3.8, 4) is 0 Å². The number of carbonyl (C=O) groups is 1. The van der Waals surface area contributed by atoms with Crippen LogP contribution in [0.15, 0.2) is 48.5 Å². The van der Waals surface area contributed by atoms with Crippen LogP contribution in [0.25, 0.3) is 0 Å². The Morgan fingerprint density at radius 3 is 2.76 bits per heavy atom. The number of halogens is 1. The second kappa shape index (κ2) is 7.23. The Morgan fingerprint density at radius 1 is 1.24 bits per heavy atom. The summed E-state index contributed by atoms with van der Waals surface area (Å²) in [4.78, 5) is 14.9. The SMILES string of the molecule is CNC(=O)C1(Nc2cccc(F)c2)CCN(Cc2ccccc2C)C1. The fourth-order valence-corrected chi connectivity index (χ4v) is 3.48. The van der Waals surface area contributed by atoms with Gasteiger partial charge in [0.15, 0.2) is 0 Å². The average molecular weight is 341 g/mol. The first kappa shape index (κ1) is 17.4. The van der Waals surface area contributed by atoms with Gasteiger partial charge in [-0.25, -0.2) is 4.39 Å². The van der Waals surface area contributed by atoms with Crippen molar-refractivity contribution in [2.24, 2.45) is 0 Å². The van der Waals surface area contributed by atoms with E-state index in [1.165, 1.54) is 23.3 Å². The fraction of sp³-hybridized carbons (Fsp3) is 0.350. The van der Waals surface area contributed by atoms with Crippen molar-refractivity contribution < 1.29 is 9.18 Å². The lowest BCUT2D eigenvalue weighted by Gasteiger charge is -2.30. The zero-order valence-electron chi connectivity index (χ0n) is 14.7. The van der Waals surface area contributed by atoms with Gasteiger partial charge in [-0.15, -0.1) is 0 Å². The van der Waals surface area contributed by atoms with Gasteiger partial charge in [0.2, 0.25) is 5.91 Å². The van der Waals surface area contributed by atoms with Crippen LogP contribution in [0, 0.1) is 12.7 Å². The summed E-state index contributed by atoms with van der Waals surface area (Å²) in [5.41, 5.74) is 2.39. The van der Waals surface area contributed by atoms with E-state index in [9.17, 15) is 9.18 Å². The fourth-order valence-electron chi connectivity index (χ4n) is 3.48. The molecule has 1 fully saturated rings. The number of nitrogens with zero attached hydrogens (tertiary/aromatic N) is 1. The summed E-state index contributed by atoms with van der Waals surface area (Å²) in [5.74, 6) is -0.379. The van der Waals surface area contributed by atoms with Crippen molar-refractivity contribution in [2.75, 3.05) is 25.5 Å². The Balaban J connectivity index is 1.78. The molecule has 0 aromatic heterocycles. The summed E-state index contributed by atoms with van der Waals surface area (Å²) >= 11 is 0. The maximum absolute atomic E-state index is 13.5. The van der Waals surface area contributed by atoms with Gasteiger partial charge in [-0.05, 0) is 42.7 Å². The minimum Gasteiger partial charge on any atom is -0.370 e. The molecule has 2 aromatic rings. The molecule has 2 aromatic carbocycles. The second-order valence-electron chi connectivity index (χ2n) is 6.68. The predicted molar refractivity (Wildman–Crippen MR) is 97.9 cm³/mol. The molecular weight excluding hydrogens is 317 g/mol. The Bertz CT molecular complexity index is 764. The first-order valence-corrected chi connectivity index (χ1v) is 8.55. The van der Waals surface area contributed by atoms with E-state index in [0.717, 1.165) is 13.1 Å². The maximum atomic E-state index is 13.5. The van der Waals surface area contributed by atoms with Crippen LogP contribution in [-0.4, -0.2) is 36.5 Å². The molecule has 1 atom stereocenters. The highest BCUT2D eigenvalue weighted by Crippen LogP contribution is 2.28. The van der Waals surface area contributed by atoms with E-state index in [1.807, 2.05) is 12.1 Å². The van der Waals surface area contributed by atoms with Gasteiger partial charge in [0.1, 0.15) is 11.4 Å². The van der Waals surface area contributed by atoms with Crippen LogP contribution in [0.5, 0.6) is 0 Å². The van der Waals surface area contributed by atoms with Crippen LogP contribution in [0.3, 0.4) is 0 Å². The molecule has 1 amide bonds. The molecule has 0 bridgehead atoms. The second-order valence-corrected chi connectivity index (χ2v) is 6.68. The van der Waals surface area contributed by atoms with Gasteiger partial charge in [-0.3, -0.25) is 9.69 Å². The first-order valence-electron chi connectivity index (χ1n) is 8.55. The van der Waals surface area contributed by atoms with Gasteiger partial charge >= 0.3 is 0 Å². The van der Waals surface area contributed by atoms with E-state index in [-0.39, 0.29) is 11.7 Å². The quantitative estimate of drug-likeness (QED) is 0.879. The molecule has 1 aliphatic rings. The molecule has 1 saturated heterocycles. The summed E-state index contributed by atoms with van der Waals surface area (Å²) < 4.78 is 13.5. The maximum Gasteiger partial charge on any atom is 0.246 e. The number of amides is 1. The third-order valence-corrected chi connectivity index (χ3v) is 4.87. The van der Waals surface area contributed by atoms with Gasteiger partial charge in [-0.2, -0.15) is 0 Å². The monoisotopic (exact) mass is 341 g/mol. The lowest BCUT2D eigenvalue weighted by molar-refractivity contribution is -0.124. The van der Waals surface area contributed by atoms with Gasteiger partial charge in [-0.1, -0.05) is 30.3 Å². The van der Waals surface area contributed by atoms with E-state index in [0.29, 0.717) is 18.7 Å². The van der Waals surface area contributed by atoms with Crippen LogP contribution in [0.2, 0.25) is 0 Å². The highest BCUT2D eigenvalue weighted by atomic mass is 19.1. The highest BCUT2D eigenvalue weighted by Gasteiger charge is 2.44. The molecule has 132 valence electrons. The number of aryl methyl sites for hydroxylation is 1. The van der Waals surface area contributed by atoms with Crippen LogP contribution < -0.4 is 10.6 Å². The predicted octanol–water partition coefficient (Wildman–Crippen LogP) is 2.94. The summed E-state index contributed by atoms with van der Waals surface area (Å²) in [6, 6.07) is 14.6. The Morgan fingerprint density at radius 2 is 2.04 bits per heavy atom. The number of likely N-dealkylation sites (N-methyl/N-ethyl adjacent to an activating group) is 1. The van der Waals surface area contributed by atoms with Crippen LogP contribution >= 0.6 is 0 Å². The molecule has 3 rings (SSSR count). The van der Waals surface area contributed by atoms with Crippen LogP contribution in [-0.2, 0) is 11.3 Å². The number of benzene rings is 2. The summed E-state index contributed by atoms with van der Waals surface area (Å²) in [6.07, 6.45) is 0.676. The number of hydrogen-bond donors (Lipinski definition) is 2. The molecule has 0 radical (unpaired) electrons. The van der Waals surface area contributed by atoms with Crippen molar-refractivity contribution in [1.29, 1.82) is 0 Å². The van der Waals surface area contributed by atoms with E-state index in [2.05, 4.69) is 34.6 Å². The molecule has 1 heterocycles. The minimum absolute atomic E-state index is 0.0657. The molecule has 2 N–H and O–H groups in total. The molecular formula is C20H24FN3O. The standard InChI is InChI=1S/C20H24FN3O/c1-15-6-3-4-7-16(15)13-24-11-10-20(14-24,19(25)22-2)23-18-9-5-8-17(21)12-18/h3-9,12,23H,10-11,13-14H2,1-2H3,(H,22,25). The topological polar surface area (TPSA) is 44.4 Å². The highest BCUT2D eigenvalue weighted by molar-refractivity contribution is 5.90.